The van der Waals surface area contributed by atoms with Crippen LogP contribution in [0.5, 0.6) is 0 Å². The lowest BCUT2D eigenvalue weighted by Crippen LogP contribution is -2.42. The van der Waals surface area contributed by atoms with Gasteiger partial charge in [0.1, 0.15) is 5.71 Å². The van der Waals surface area contributed by atoms with Gasteiger partial charge in [-0.2, -0.15) is 13.2 Å². The quantitative estimate of drug-likeness (QED) is 0.501. The summed E-state index contributed by atoms with van der Waals surface area (Å²) in [6.45, 7) is 0. The van der Waals surface area contributed by atoms with Crippen molar-refractivity contribution in [3.05, 3.63) is 74.5 Å². The number of benzene rings is 1. The van der Waals surface area contributed by atoms with E-state index in [0.29, 0.717) is 11.2 Å². The summed E-state index contributed by atoms with van der Waals surface area (Å²) in [6.07, 6.45) is -3.90. The molecule has 0 bridgehead atoms. The summed E-state index contributed by atoms with van der Waals surface area (Å²) >= 11 is 17.8. The summed E-state index contributed by atoms with van der Waals surface area (Å²) in [5, 5.41) is 3.39. The minimum Gasteiger partial charge on any atom is -0.374 e. The van der Waals surface area contributed by atoms with Gasteiger partial charge in [-0.15, -0.1) is 0 Å². The van der Waals surface area contributed by atoms with Gasteiger partial charge in [0.2, 0.25) is 0 Å². The Balaban J connectivity index is 1.83. The second-order valence-electron chi connectivity index (χ2n) is 6.64. The number of oxime groups is 1. The van der Waals surface area contributed by atoms with Gasteiger partial charge in [-0.1, -0.05) is 40.0 Å². The molecule has 0 radical (unpaired) electrons. The average molecular weight is 477 g/mol. The Hall–Kier alpha value is -2.42. The van der Waals surface area contributed by atoms with Crippen molar-refractivity contribution >= 4 is 51.9 Å². The Morgan fingerprint density at radius 3 is 2.43 bits per heavy atom. The molecule has 0 aliphatic carbocycles. The highest BCUT2D eigenvalue weighted by Gasteiger charge is 2.62. The number of hydrogen-bond acceptors (Lipinski definition) is 3. The SMILES string of the molecule is NC(=O)c1ccc(C2=NOC(c3cc(Cl)c(Cl)c(Cl)c3)(C(F)(F)F)C2)n2cccc12. The third-order valence-corrected chi connectivity index (χ3v) is 6.09. The molecule has 11 heteroatoms. The third-order valence-electron chi connectivity index (χ3n) is 4.89. The highest BCUT2D eigenvalue weighted by atomic mass is 35.5. The van der Waals surface area contributed by atoms with Crippen LogP contribution in [-0.2, 0) is 10.4 Å². The highest BCUT2D eigenvalue weighted by Crippen LogP contribution is 2.50. The van der Waals surface area contributed by atoms with Gasteiger partial charge in [-0.3, -0.25) is 4.79 Å². The van der Waals surface area contributed by atoms with E-state index in [9.17, 15) is 18.0 Å². The van der Waals surface area contributed by atoms with Crippen molar-refractivity contribution in [2.45, 2.75) is 18.2 Å². The van der Waals surface area contributed by atoms with Crippen LogP contribution >= 0.6 is 34.8 Å². The van der Waals surface area contributed by atoms with Crippen LogP contribution in [0.15, 0.2) is 47.8 Å². The van der Waals surface area contributed by atoms with E-state index in [1.54, 1.807) is 18.3 Å². The zero-order valence-electron chi connectivity index (χ0n) is 14.8. The Bertz CT molecular complexity index is 1200. The Morgan fingerprint density at radius 2 is 1.83 bits per heavy atom. The molecule has 1 aliphatic rings. The fourth-order valence-corrected chi connectivity index (χ4v) is 4.01. The number of fused-ring (bicyclic) bond motifs is 1. The molecule has 1 atom stereocenters. The molecule has 2 N–H and O–H groups in total. The summed E-state index contributed by atoms with van der Waals surface area (Å²) < 4.78 is 44.1. The van der Waals surface area contributed by atoms with Crippen molar-refractivity contribution in [1.29, 1.82) is 0 Å². The molecular weight excluding hydrogens is 466 g/mol. The first-order chi connectivity index (χ1) is 14.0. The molecule has 5 nitrogen and oxygen atoms in total. The molecule has 0 saturated carbocycles. The molecule has 156 valence electrons. The summed E-state index contributed by atoms with van der Waals surface area (Å²) in [4.78, 5) is 16.6. The van der Waals surface area contributed by atoms with Gasteiger partial charge in [-0.05, 0) is 36.4 Å². The normalized spacial score (nSPS) is 19.1. The number of rotatable bonds is 3. The van der Waals surface area contributed by atoms with Crippen LogP contribution in [0, 0.1) is 0 Å². The maximum atomic E-state index is 14.2. The van der Waals surface area contributed by atoms with Gasteiger partial charge in [0.15, 0.2) is 0 Å². The number of carbonyl (C=O) groups is 1. The van der Waals surface area contributed by atoms with Gasteiger partial charge < -0.3 is 15.0 Å². The van der Waals surface area contributed by atoms with Crippen molar-refractivity contribution in [3.63, 3.8) is 0 Å². The van der Waals surface area contributed by atoms with E-state index >= 15 is 0 Å². The summed E-state index contributed by atoms with van der Waals surface area (Å²) in [6, 6.07) is 8.27. The minimum atomic E-state index is -4.85. The maximum absolute atomic E-state index is 14.2. The molecule has 0 fully saturated rings. The Morgan fingerprint density at radius 1 is 1.17 bits per heavy atom. The number of primary amides is 1. The molecule has 3 aromatic rings. The maximum Gasteiger partial charge on any atom is 0.435 e. The predicted molar refractivity (Wildman–Crippen MR) is 107 cm³/mol. The lowest BCUT2D eigenvalue weighted by molar-refractivity contribution is -0.275. The van der Waals surface area contributed by atoms with E-state index < -0.39 is 24.1 Å². The van der Waals surface area contributed by atoms with Crippen LogP contribution in [-0.4, -0.2) is 22.2 Å². The van der Waals surface area contributed by atoms with E-state index in [1.165, 1.54) is 16.5 Å². The van der Waals surface area contributed by atoms with Gasteiger partial charge in [0, 0.05) is 11.8 Å². The molecule has 1 aliphatic heterocycles. The lowest BCUT2D eigenvalue weighted by atomic mass is 9.87. The zero-order chi connectivity index (χ0) is 21.8. The topological polar surface area (TPSA) is 69.1 Å². The first-order valence-corrected chi connectivity index (χ1v) is 9.55. The van der Waals surface area contributed by atoms with Gasteiger partial charge in [0.25, 0.3) is 11.5 Å². The number of halogens is 6. The molecular formula is C19H11Cl3F3N3O2. The van der Waals surface area contributed by atoms with E-state index in [1.807, 2.05) is 0 Å². The second kappa shape index (κ2) is 7.08. The largest absolute Gasteiger partial charge is 0.435 e. The number of carbonyl (C=O) groups excluding carboxylic acids is 1. The molecule has 1 aromatic carbocycles. The Labute approximate surface area is 182 Å². The molecule has 1 unspecified atom stereocenters. The number of aromatic nitrogens is 1. The monoisotopic (exact) mass is 475 g/mol. The molecule has 30 heavy (non-hydrogen) atoms. The van der Waals surface area contributed by atoms with Crippen LogP contribution in [0.1, 0.15) is 28.0 Å². The van der Waals surface area contributed by atoms with Crippen LogP contribution in [0.2, 0.25) is 15.1 Å². The van der Waals surface area contributed by atoms with Crippen molar-refractivity contribution in [2.75, 3.05) is 0 Å². The van der Waals surface area contributed by atoms with Crippen LogP contribution in [0.3, 0.4) is 0 Å². The van der Waals surface area contributed by atoms with Crippen molar-refractivity contribution < 1.29 is 22.8 Å². The van der Waals surface area contributed by atoms with E-state index in [2.05, 4.69) is 5.16 Å². The first-order valence-electron chi connectivity index (χ1n) is 8.42. The van der Waals surface area contributed by atoms with E-state index in [4.69, 9.17) is 45.4 Å². The van der Waals surface area contributed by atoms with E-state index in [0.717, 1.165) is 12.1 Å². The standard InChI is InChI=1S/C19H11Cl3F3N3O2/c20-11-6-9(7-12(21)16(11)22)18(19(23,24)25)8-13(27-30-18)15-4-3-10(17(26)29)14-2-1-5-28(14)15/h1-7H,8H2,(H2,26,29). The fourth-order valence-electron chi connectivity index (χ4n) is 3.41. The van der Waals surface area contributed by atoms with Crippen molar-refractivity contribution in [3.8, 4) is 0 Å². The van der Waals surface area contributed by atoms with Crippen LogP contribution < -0.4 is 5.73 Å². The third kappa shape index (κ3) is 3.10. The van der Waals surface area contributed by atoms with E-state index in [-0.39, 0.29) is 31.9 Å². The molecule has 0 spiro atoms. The number of pyridine rings is 1. The second-order valence-corrected chi connectivity index (χ2v) is 7.84. The van der Waals surface area contributed by atoms with Gasteiger partial charge in [0.05, 0.1) is 38.3 Å². The lowest BCUT2D eigenvalue weighted by Gasteiger charge is -2.30. The molecule has 4 rings (SSSR count). The number of nitrogens with zero attached hydrogens (tertiary/aromatic N) is 2. The number of amides is 1. The number of hydrogen-bond donors (Lipinski definition) is 1. The molecule has 1 amide bonds. The van der Waals surface area contributed by atoms with Crippen molar-refractivity contribution in [1.82, 2.24) is 4.40 Å². The Kier molecular flexibility index (Phi) is 4.91. The molecule has 2 aromatic heterocycles. The van der Waals surface area contributed by atoms with Crippen LogP contribution in [0.25, 0.3) is 5.52 Å². The highest BCUT2D eigenvalue weighted by molar-refractivity contribution is 6.48. The van der Waals surface area contributed by atoms with Crippen molar-refractivity contribution in [2.24, 2.45) is 10.9 Å². The summed E-state index contributed by atoms with van der Waals surface area (Å²) in [7, 11) is 0. The fraction of sp³-hybridized carbons (Fsp3) is 0.158. The number of alkyl halides is 3. The molecule has 3 heterocycles. The summed E-state index contributed by atoms with van der Waals surface area (Å²) in [5.74, 6) is -0.662. The predicted octanol–water partition coefficient (Wildman–Crippen LogP) is 5.58. The zero-order valence-corrected chi connectivity index (χ0v) is 17.1. The van der Waals surface area contributed by atoms with Gasteiger partial charge in [-0.25, -0.2) is 0 Å². The average Bonchev–Trinajstić information content (AvgIpc) is 3.32. The molecule has 0 saturated heterocycles. The first kappa shape index (κ1) is 20.8. The smallest absolute Gasteiger partial charge is 0.374 e. The minimum absolute atomic E-state index is 0.0201. The summed E-state index contributed by atoms with van der Waals surface area (Å²) in [5.41, 5.74) is 3.23. The van der Waals surface area contributed by atoms with Crippen LogP contribution in [0.4, 0.5) is 13.2 Å². The number of nitrogens with two attached hydrogens (primary N) is 1. The van der Waals surface area contributed by atoms with Gasteiger partial charge >= 0.3 is 6.18 Å².